The Morgan fingerprint density at radius 2 is 1.82 bits per heavy atom. The third-order valence-electron chi connectivity index (χ3n) is 4.12. The Balaban J connectivity index is 1.42. The van der Waals surface area contributed by atoms with Crippen LogP contribution < -0.4 is 24.8 Å². The topological polar surface area (TPSA) is 85.9 Å². The molecular weight excluding hydrogens is 360 g/mol. The standard InChI is InChI=1S/C21H24N2O5/c1-2-3-11-26-16-5-7-17(8-6-16)27-12-10-22-21(25)15-4-9-19-18(13-15)23-20(24)14-28-19/h4-9,13H,2-3,10-12,14H2,1H3,(H,22,25)(H,23,24). The number of fused-ring (bicyclic) bond motifs is 1. The molecule has 2 aromatic carbocycles. The van der Waals surface area contributed by atoms with Crippen molar-refractivity contribution in [3.63, 3.8) is 0 Å². The van der Waals surface area contributed by atoms with E-state index >= 15 is 0 Å². The Hall–Kier alpha value is -3.22. The molecule has 1 heterocycles. The number of unbranched alkanes of at least 4 members (excludes halogenated alkanes) is 1. The summed E-state index contributed by atoms with van der Waals surface area (Å²) in [7, 11) is 0. The van der Waals surface area contributed by atoms with Crippen LogP contribution in [0.4, 0.5) is 5.69 Å². The zero-order valence-corrected chi connectivity index (χ0v) is 15.8. The van der Waals surface area contributed by atoms with Gasteiger partial charge >= 0.3 is 0 Å². The summed E-state index contributed by atoms with van der Waals surface area (Å²) in [6, 6.07) is 12.3. The van der Waals surface area contributed by atoms with Crippen LogP contribution in [0, 0.1) is 0 Å². The fraction of sp³-hybridized carbons (Fsp3) is 0.333. The van der Waals surface area contributed by atoms with Gasteiger partial charge in [0.15, 0.2) is 6.61 Å². The Bertz CT molecular complexity index is 820. The van der Waals surface area contributed by atoms with Crippen molar-refractivity contribution in [1.82, 2.24) is 5.32 Å². The third-order valence-corrected chi connectivity index (χ3v) is 4.12. The summed E-state index contributed by atoms with van der Waals surface area (Å²) in [5.74, 6) is 1.61. The van der Waals surface area contributed by atoms with Gasteiger partial charge in [-0.05, 0) is 48.9 Å². The number of hydrogen-bond donors (Lipinski definition) is 2. The van der Waals surface area contributed by atoms with Crippen molar-refractivity contribution in [3.8, 4) is 17.2 Å². The Kier molecular flexibility index (Phi) is 6.73. The number of amides is 2. The molecule has 0 bridgehead atoms. The number of hydrogen-bond acceptors (Lipinski definition) is 5. The molecule has 28 heavy (non-hydrogen) atoms. The second kappa shape index (κ2) is 9.64. The van der Waals surface area contributed by atoms with Gasteiger partial charge in [0, 0.05) is 5.56 Å². The van der Waals surface area contributed by atoms with E-state index in [2.05, 4.69) is 17.6 Å². The van der Waals surface area contributed by atoms with Crippen molar-refractivity contribution < 1.29 is 23.8 Å². The summed E-state index contributed by atoms with van der Waals surface area (Å²) in [5, 5.41) is 5.48. The van der Waals surface area contributed by atoms with E-state index in [-0.39, 0.29) is 18.4 Å². The van der Waals surface area contributed by atoms with Crippen LogP contribution in [0.3, 0.4) is 0 Å². The zero-order chi connectivity index (χ0) is 19.8. The first-order valence-corrected chi connectivity index (χ1v) is 9.36. The molecular formula is C21H24N2O5. The highest BCUT2D eigenvalue weighted by atomic mass is 16.5. The highest BCUT2D eigenvalue weighted by Crippen LogP contribution is 2.28. The van der Waals surface area contributed by atoms with E-state index in [9.17, 15) is 9.59 Å². The molecule has 1 aliphatic heterocycles. The van der Waals surface area contributed by atoms with E-state index < -0.39 is 0 Å². The molecule has 0 saturated carbocycles. The molecule has 0 saturated heterocycles. The molecule has 1 aliphatic rings. The molecule has 3 rings (SSSR count). The third kappa shape index (κ3) is 5.39. The molecule has 2 aromatic rings. The highest BCUT2D eigenvalue weighted by molar-refractivity contribution is 5.99. The van der Waals surface area contributed by atoms with Gasteiger partial charge in [0.1, 0.15) is 23.9 Å². The lowest BCUT2D eigenvalue weighted by Crippen LogP contribution is -2.29. The van der Waals surface area contributed by atoms with E-state index in [1.165, 1.54) is 0 Å². The number of rotatable bonds is 9. The first kappa shape index (κ1) is 19.5. The molecule has 0 aromatic heterocycles. The summed E-state index contributed by atoms with van der Waals surface area (Å²) >= 11 is 0. The molecule has 0 unspecified atom stereocenters. The van der Waals surface area contributed by atoms with Crippen LogP contribution in [0.2, 0.25) is 0 Å². The van der Waals surface area contributed by atoms with Crippen molar-refractivity contribution in [1.29, 1.82) is 0 Å². The molecule has 0 fully saturated rings. The second-order valence-corrected chi connectivity index (χ2v) is 6.33. The maximum atomic E-state index is 12.3. The van der Waals surface area contributed by atoms with Crippen molar-refractivity contribution in [3.05, 3.63) is 48.0 Å². The van der Waals surface area contributed by atoms with Gasteiger partial charge in [-0.2, -0.15) is 0 Å². The van der Waals surface area contributed by atoms with Crippen molar-refractivity contribution in [2.45, 2.75) is 19.8 Å². The van der Waals surface area contributed by atoms with Crippen molar-refractivity contribution in [2.24, 2.45) is 0 Å². The number of anilines is 1. The molecule has 0 atom stereocenters. The van der Waals surface area contributed by atoms with Gasteiger partial charge in [0.05, 0.1) is 18.8 Å². The number of carbonyl (C=O) groups is 2. The summed E-state index contributed by atoms with van der Waals surface area (Å²) in [6.07, 6.45) is 2.13. The summed E-state index contributed by atoms with van der Waals surface area (Å²) in [5.41, 5.74) is 0.944. The highest BCUT2D eigenvalue weighted by Gasteiger charge is 2.17. The molecule has 0 radical (unpaired) electrons. The minimum Gasteiger partial charge on any atom is -0.494 e. The van der Waals surface area contributed by atoms with Crippen LogP contribution >= 0.6 is 0 Å². The molecule has 0 aliphatic carbocycles. The Labute approximate surface area is 164 Å². The van der Waals surface area contributed by atoms with Crippen LogP contribution in [0.1, 0.15) is 30.1 Å². The molecule has 2 N–H and O–H groups in total. The SMILES string of the molecule is CCCCOc1ccc(OCCNC(=O)c2ccc3c(c2)NC(=O)CO3)cc1. The lowest BCUT2D eigenvalue weighted by Gasteiger charge is -2.18. The second-order valence-electron chi connectivity index (χ2n) is 6.33. The van der Waals surface area contributed by atoms with Crippen LogP contribution in [-0.2, 0) is 4.79 Å². The maximum absolute atomic E-state index is 12.3. The average molecular weight is 384 g/mol. The van der Waals surface area contributed by atoms with Gasteiger partial charge in [-0.3, -0.25) is 9.59 Å². The lowest BCUT2D eigenvalue weighted by atomic mass is 10.1. The molecule has 2 amide bonds. The molecule has 7 heteroatoms. The number of ether oxygens (including phenoxy) is 3. The summed E-state index contributed by atoms with van der Waals surface area (Å²) < 4.78 is 16.5. The normalized spacial score (nSPS) is 12.4. The number of nitrogens with one attached hydrogen (secondary N) is 2. The van der Waals surface area contributed by atoms with E-state index in [4.69, 9.17) is 14.2 Å². The molecule has 148 valence electrons. The quantitative estimate of drug-likeness (QED) is 0.649. The minimum atomic E-state index is -0.245. The summed E-state index contributed by atoms with van der Waals surface area (Å²) in [4.78, 5) is 23.6. The van der Waals surface area contributed by atoms with Crippen molar-refractivity contribution in [2.75, 3.05) is 31.7 Å². The van der Waals surface area contributed by atoms with Crippen LogP contribution in [-0.4, -0.2) is 38.2 Å². The lowest BCUT2D eigenvalue weighted by molar-refractivity contribution is -0.118. The van der Waals surface area contributed by atoms with Gasteiger partial charge in [-0.25, -0.2) is 0 Å². The van der Waals surface area contributed by atoms with E-state index in [0.29, 0.717) is 42.5 Å². The first-order valence-electron chi connectivity index (χ1n) is 9.36. The smallest absolute Gasteiger partial charge is 0.262 e. The van der Waals surface area contributed by atoms with E-state index in [1.54, 1.807) is 18.2 Å². The van der Waals surface area contributed by atoms with Gasteiger partial charge in [0.2, 0.25) is 0 Å². The predicted octanol–water partition coefficient (Wildman–Crippen LogP) is 3.01. The molecule has 0 spiro atoms. The van der Waals surface area contributed by atoms with Crippen LogP contribution in [0.25, 0.3) is 0 Å². The Morgan fingerprint density at radius 1 is 1.11 bits per heavy atom. The van der Waals surface area contributed by atoms with Crippen LogP contribution in [0.15, 0.2) is 42.5 Å². The fourth-order valence-electron chi connectivity index (χ4n) is 2.63. The minimum absolute atomic E-state index is 0.0122. The largest absolute Gasteiger partial charge is 0.494 e. The zero-order valence-electron chi connectivity index (χ0n) is 15.8. The monoisotopic (exact) mass is 384 g/mol. The first-order chi connectivity index (χ1) is 13.7. The van der Waals surface area contributed by atoms with Gasteiger partial charge in [0.25, 0.3) is 11.8 Å². The predicted molar refractivity (Wildman–Crippen MR) is 105 cm³/mol. The van der Waals surface area contributed by atoms with Gasteiger partial charge < -0.3 is 24.8 Å². The molecule has 7 nitrogen and oxygen atoms in total. The van der Waals surface area contributed by atoms with Crippen LogP contribution in [0.5, 0.6) is 17.2 Å². The summed E-state index contributed by atoms with van der Waals surface area (Å²) in [6.45, 7) is 3.51. The average Bonchev–Trinajstić information content (AvgIpc) is 2.71. The van der Waals surface area contributed by atoms with E-state index in [0.717, 1.165) is 18.6 Å². The fourth-order valence-corrected chi connectivity index (χ4v) is 2.63. The number of carbonyl (C=O) groups excluding carboxylic acids is 2. The van der Waals surface area contributed by atoms with Gasteiger partial charge in [-0.15, -0.1) is 0 Å². The maximum Gasteiger partial charge on any atom is 0.262 e. The number of benzene rings is 2. The van der Waals surface area contributed by atoms with E-state index in [1.807, 2.05) is 24.3 Å². The Morgan fingerprint density at radius 3 is 2.54 bits per heavy atom. The van der Waals surface area contributed by atoms with Gasteiger partial charge in [-0.1, -0.05) is 13.3 Å². The van der Waals surface area contributed by atoms with Crippen molar-refractivity contribution >= 4 is 17.5 Å².